The van der Waals surface area contributed by atoms with Crippen LogP contribution in [0.1, 0.15) is 72.0 Å². The van der Waals surface area contributed by atoms with Crippen LogP contribution >= 0.6 is 0 Å². The minimum Gasteiger partial charge on any atom is -0.352 e. The van der Waals surface area contributed by atoms with Crippen LogP contribution in [0.25, 0.3) is 5.69 Å². The van der Waals surface area contributed by atoms with E-state index in [1.165, 1.54) is 29.8 Å². The molecule has 0 amide bonds. The standard InChI is InChI=1S/C28H34F2N4O.C2H6.H2/c1-3-16-33(17-4-2)27-28(35)34(24-13-11-22(30)12-14-24)19-23(32-27)6-5-15-31-26-18-25(26)20-7-9-21(29)10-8-20;1-2;/h7-14,19,25-26,31H,3-6,15-18H2,1-2H3;1-2H3;1H/t25-,26+;;/m0../s1. The van der Waals surface area contributed by atoms with Crippen LogP contribution in [0, 0.1) is 11.6 Å². The highest BCUT2D eigenvalue weighted by Gasteiger charge is 2.37. The first-order valence-electron chi connectivity index (χ1n) is 13.6. The molecular weight excluding hydrogens is 470 g/mol. The highest BCUT2D eigenvalue weighted by molar-refractivity contribution is 5.42. The summed E-state index contributed by atoms with van der Waals surface area (Å²) in [6.07, 6.45) is 6.29. The molecule has 0 unspecified atom stereocenters. The summed E-state index contributed by atoms with van der Waals surface area (Å²) in [5, 5.41) is 3.59. The monoisotopic (exact) mass is 512 g/mol. The molecule has 0 spiro atoms. The lowest BCUT2D eigenvalue weighted by atomic mass is 10.1. The van der Waals surface area contributed by atoms with Gasteiger partial charge in [-0.3, -0.25) is 9.36 Å². The Morgan fingerprint density at radius 1 is 1.00 bits per heavy atom. The predicted octanol–water partition coefficient (Wildman–Crippen LogP) is 6.49. The Labute approximate surface area is 221 Å². The molecule has 1 N–H and O–H groups in total. The first kappa shape index (κ1) is 28.5. The lowest BCUT2D eigenvalue weighted by Crippen LogP contribution is -2.35. The first-order valence-corrected chi connectivity index (χ1v) is 13.6. The Bertz CT molecular complexity index is 1160. The van der Waals surface area contributed by atoms with Crippen molar-refractivity contribution in [2.75, 3.05) is 24.5 Å². The Kier molecular flexibility index (Phi) is 10.8. The van der Waals surface area contributed by atoms with E-state index in [2.05, 4.69) is 24.1 Å². The summed E-state index contributed by atoms with van der Waals surface area (Å²) < 4.78 is 28.2. The minimum atomic E-state index is -0.333. The maximum Gasteiger partial charge on any atom is 0.298 e. The Morgan fingerprint density at radius 2 is 1.59 bits per heavy atom. The average Bonchev–Trinajstić information content (AvgIpc) is 3.69. The molecule has 1 fully saturated rings. The van der Waals surface area contributed by atoms with Gasteiger partial charge < -0.3 is 10.2 Å². The lowest BCUT2D eigenvalue weighted by Gasteiger charge is -2.23. The van der Waals surface area contributed by atoms with Gasteiger partial charge in [0.2, 0.25) is 0 Å². The average molecular weight is 513 g/mol. The van der Waals surface area contributed by atoms with Crippen molar-refractivity contribution in [3.63, 3.8) is 0 Å². The fraction of sp³-hybridized carbons (Fsp3) is 0.467. The van der Waals surface area contributed by atoms with E-state index >= 15 is 0 Å². The zero-order chi connectivity index (χ0) is 26.8. The van der Waals surface area contributed by atoms with Gasteiger partial charge in [-0.25, -0.2) is 13.8 Å². The van der Waals surface area contributed by atoms with Crippen molar-refractivity contribution in [3.05, 3.63) is 88.0 Å². The van der Waals surface area contributed by atoms with E-state index < -0.39 is 0 Å². The van der Waals surface area contributed by atoms with Crippen LogP contribution in [0.15, 0.2) is 59.5 Å². The van der Waals surface area contributed by atoms with E-state index in [1.54, 1.807) is 22.9 Å². The van der Waals surface area contributed by atoms with Gasteiger partial charge in [-0.1, -0.05) is 39.8 Å². The van der Waals surface area contributed by atoms with E-state index in [-0.39, 0.29) is 18.6 Å². The molecule has 4 rings (SSSR count). The van der Waals surface area contributed by atoms with Crippen LogP contribution in [-0.2, 0) is 6.42 Å². The second kappa shape index (κ2) is 14.0. The maximum atomic E-state index is 13.5. The molecule has 0 radical (unpaired) electrons. The summed E-state index contributed by atoms with van der Waals surface area (Å²) in [5.41, 5.74) is 2.47. The molecule has 1 saturated carbocycles. The van der Waals surface area contributed by atoms with Gasteiger partial charge in [0, 0.05) is 38.4 Å². The molecule has 0 bridgehead atoms. The lowest BCUT2D eigenvalue weighted by molar-refractivity contribution is 0.622. The molecule has 0 saturated heterocycles. The molecule has 202 valence electrons. The minimum absolute atomic E-state index is 0. The highest BCUT2D eigenvalue weighted by Crippen LogP contribution is 2.40. The molecule has 1 aromatic heterocycles. The molecule has 2 atom stereocenters. The van der Waals surface area contributed by atoms with Crippen molar-refractivity contribution in [1.82, 2.24) is 14.9 Å². The first-order chi connectivity index (χ1) is 18.0. The number of hydrogen-bond acceptors (Lipinski definition) is 4. The van der Waals surface area contributed by atoms with Crippen molar-refractivity contribution < 1.29 is 10.2 Å². The van der Waals surface area contributed by atoms with Gasteiger partial charge in [0.25, 0.3) is 5.56 Å². The maximum absolute atomic E-state index is 13.5. The molecule has 0 aliphatic heterocycles. The number of rotatable bonds is 12. The molecule has 5 nitrogen and oxygen atoms in total. The fourth-order valence-electron chi connectivity index (χ4n) is 4.57. The van der Waals surface area contributed by atoms with E-state index in [9.17, 15) is 13.6 Å². The normalized spacial score (nSPS) is 16.2. The van der Waals surface area contributed by atoms with Gasteiger partial charge in [0.15, 0.2) is 5.82 Å². The molecular formula is C30H42F2N4O. The van der Waals surface area contributed by atoms with Crippen LogP contribution < -0.4 is 15.8 Å². The third-order valence-electron chi connectivity index (χ3n) is 6.43. The number of nitrogens with one attached hydrogen (secondary N) is 1. The van der Waals surface area contributed by atoms with Gasteiger partial charge in [-0.2, -0.15) is 0 Å². The van der Waals surface area contributed by atoms with Gasteiger partial charge in [0.1, 0.15) is 11.6 Å². The summed E-state index contributed by atoms with van der Waals surface area (Å²) in [6.45, 7) is 10.5. The topological polar surface area (TPSA) is 50.2 Å². The van der Waals surface area contributed by atoms with Gasteiger partial charge in [-0.05, 0) is 80.6 Å². The van der Waals surface area contributed by atoms with Crippen LogP contribution in [0.5, 0.6) is 0 Å². The number of benzene rings is 2. The second-order valence-corrected chi connectivity index (χ2v) is 9.25. The molecule has 1 aliphatic carbocycles. The third-order valence-corrected chi connectivity index (χ3v) is 6.43. The third kappa shape index (κ3) is 7.71. The smallest absolute Gasteiger partial charge is 0.298 e. The number of hydrogen-bond donors (Lipinski definition) is 1. The second-order valence-electron chi connectivity index (χ2n) is 9.25. The number of nitrogens with zero attached hydrogens (tertiary/aromatic N) is 3. The largest absolute Gasteiger partial charge is 0.352 e. The van der Waals surface area contributed by atoms with Crippen molar-refractivity contribution in [1.29, 1.82) is 0 Å². The Hall–Kier alpha value is -3.06. The molecule has 1 aliphatic rings. The van der Waals surface area contributed by atoms with Gasteiger partial charge in [0.05, 0.1) is 5.69 Å². The van der Waals surface area contributed by atoms with E-state index in [0.29, 0.717) is 23.5 Å². The summed E-state index contributed by atoms with van der Waals surface area (Å²) in [4.78, 5) is 20.2. The molecule has 7 heteroatoms. The SMILES string of the molecule is CC.CCCN(CCC)c1nc(CCCN[C@@H]2C[C@H]2c2ccc(F)cc2)cn(-c2ccc(F)cc2)c1=O.[HH]. The number of aromatic nitrogens is 2. The number of aryl methyl sites for hydroxylation is 1. The summed E-state index contributed by atoms with van der Waals surface area (Å²) in [5.74, 6) is 0.364. The van der Waals surface area contributed by atoms with Crippen LogP contribution in [0.2, 0.25) is 0 Å². The summed E-state index contributed by atoms with van der Waals surface area (Å²) in [6, 6.07) is 13.2. The Morgan fingerprint density at radius 3 is 2.19 bits per heavy atom. The van der Waals surface area contributed by atoms with Gasteiger partial charge in [-0.15, -0.1) is 0 Å². The van der Waals surface area contributed by atoms with Crippen molar-refractivity contribution in [3.8, 4) is 5.69 Å². The Balaban J connectivity index is 0.00000165. The highest BCUT2D eigenvalue weighted by atomic mass is 19.1. The van der Waals surface area contributed by atoms with E-state index in [0.717, 1.165) is 57.4 Å². The number of halogens is 2. The van der Waals surface area contributed by atoms with E-state index in [4.69, 9.17) is 4.98 Å². The fourth-order valence-corrected chi connectivity index (χ4v) is 4.57. The van der Waals surface area contributed by atoms with E-state index in [1.807, 2.05) is 26.0 Å². The van der Waals surface area contributed by atoms with Crippen LogP contribution in [0.4, 0.5) is 14.6 Å². The quantitative estimate of drug-likeness (QED) is 0.282. The number of anilines is 1. The zero-order valence-electron chi connectivity index (χ0n) is 22.5. The van der Waals surface area contributed by atoms with Crippen LogP contribution in [-0.4, -0.2) is 35.2 Å². The summed E-state index contributed by atoms with van der Waals surface area (Å²) in [7, 11) is 0. The predicted molar refractivity (Wildman–Crippen MR) is 150 cm³/mol. The molecule has 2 aromatic carbocycles. The van der Waals surface area contributed by atoms with Crippen molar-refractivity contribution >= 4 is 5.82 Å². The molecule has 3 aromatic rings. The summed E-state index contributed by atoms with van der Waals surface area (Å²) >= 11 is 0. The van der Waals surface area contributed by atoms with Gasteiger partial charge >= 0.3 is 0 Å². The van der Waals surface area contributed by atoms with Crippen molar-refractivity contribution in [2.45, 2.75) is 71.8 Å². The van der Waals surface area contributed by atoms with Crippen LogP contribution in [0.3, 0.4) is 0 Å². The van der Waals surface area contributed by atoms with Crippen molar-refractivity contribution in [2.24, 2.45) is 0 Å². The molecule has 1 heterocycles. The molecule has 37 heavy (non-hydrogen) atoms. The zero-order valence-corrected chi connectivity index (χ0v) is 22.5.